The van der Waals surface area contributed by atoms with Crippen molar-refractivity contribution < 1.29 is 9.53 Å². The smallest absolute Gasteiger partial charge is 0.269 e. The molecule has 1 saturated heterocycles. The molecule has 0 bridgehead atoms. The second-order valence-corrected chi connectivity index (χ2v) is 4.27. The molecule has 6 nitrogen and oxygen atoms in total. The highest BCUT2D eigenvalue weighted by Gasteiger charge is 2.13. The Labute approximate surface area is 108 Å². The van der Waals surface area contributed by atoms with Gasteiger partial charge < -0.3 is 14.6 Å². The summed E-state index contributed by atoms with van der Waals surface area (Å²) in [4.78, 5) is 18.0. The van der Waals surface area contributed by atoms with Crippen LogP contribution in [0.4, 0.5) is 0 Å². The van der Waals surface area contributed by atoms with Crippen LogP contribution >= 0.6 is 0 Å². The fraction of sp³-hybridized carbons (Fsp3) is 0.636. The first-order valence-electron chi connectivity index (χ1n) is 6.04. The number of rotatable bonds is 4. The van der Waals surface area contributed by atoms with E-state index in [9.17, 15) is 4.79 Å². The molecule has 2 radical (unpaired) electrons. The summed E-state index contributed by atoms with van der Waals surface area (Å²) < 4.78 is 6.83. The molecule has 0 aliphatic carbocycles. The van der Waals surface area contributed by atoms with Gasteiger partial charge in [-0.1, -0.05) is 0 Å². The lowest BCUT2D eigenvalue weighted by molar-refractivity contribution is 0.0383. The number of hydrogen-bond donors (Lipinski definition) is 1. The van der Waals surface area contributed by atoms with Crippen molar-refractivity contribution in [2.75, 3.05) is 39.4 Å². The van der Waals surface area contributed by atoms with E-state index >= 15 is 0 Å². The highest BCUT2D eigenvalue weighted by molar-refractivity contribution is 6.29. The number of imidazole rings is 1. The maximum Gasteiger partial charge on any atom is 0.269 e. The third kappa shape index (κ3) is 3.11. The van der Waals surface area contributed by atoms with Crippen LogP contribution in [0.3, 0.4) is 0 Å². The van der Waals surface area contributed by atoms with Gasteiger partial charge in [0.1, 0.15) is 5.69 Å². The molecule has 0 saturated carbocycles. The van der Waals surface area contributed by atoms with E-state index in [0.29, 0.717) is 18.0 Å². The third-order valence-electron chi connectivity index (χ3n) is 3.07. The van der Waals surface area contributed by atoms with Crippen molar-refractivity contribution >= 4 is 19.5 Å². The largest absolute Gasteiger partial charge is 0.379 e. The molecule has 18 heavy (non-hydrogen) atoms. The summed E-state index contributed by atoms with van der Waals surface area (Å²) in [6.45, 7) is 4.84. The summed E-state index contributed by atoms with van der Waals surface area (Å²) in [7, 11) is 7.30. The predicted octanol–water partition coefficient (Wildman–Crippen LogP) is -1.72. The summed E-state index contributed by atoms with van der Waals surface area (Å²) in [6.07, 6.45) is 1.49. The van der Waals surface area contributed by atoms with E-state index in [1.807, 2.05) is 0 Å². The van der Waals surface area contributed by atoms with Gasteiger partial charge in [0.05, 0.1) is 19.4 Å². The van der Waals surface area contributed by atoms with Gasteiger partial charge in [-0.15, -0.1) is 0 Å². The fourth-order valence-electron chi connectivity index (χ4n) is 1.88. The molecule has 0 spiro atoms. The van der Waals surface area contributed by atoms with Gasteiger partial charge in [-0.3, -0.25) is 14.7 Å². The first-order chi connectivity index (χ1) is 8.68. The highest BCUT2D eigenvalue weighted by atomic mass is 16.5. The Kier molecular flexibility index (Phi) is 4.38. The lowest BCUT2D eigenvalue weighted by Gasteiger charge is -2.26. The van der Waals surface area contributed by atoms with Crippen LogP contribution in [0, 0.1) is 0 Å². The second kappa shape index (κ2) is 6.02. The van der Waals surface area contributed by atoms with E-state index in [4.69, 9.17) is 12.6 Å². The normalized spacial score (nSPS) is 16.7. The first-order valence-corrected chi connectivity index (χ1v) is 6.04. The van der Waals surface area contributed by atoms with Gasteiger partial charge in [0.15, 0.2) is 7.85 Å². The van der Waals surface area contributed by atoms with Crippen molar-refractivity contribution in [3.8, 4) is 0 Å². The number of carbonyl (C=O) groups is 1. The minimum atomic E-state index is -0.144. The van der Waals surface area contributed by atoms with Crippen LogP contribution in [-0.4, -0.2) is 67.6 Å². The van der Waals surface area contributed by atoms with Gasteiger partial charge in [0, 0.05) is 39.0 Å². The standard InChI is InChI=1S/C11H17BN4O2/c1-15-9(8-14-11(15)12)10(17)13-2-3-16-4-6-18-7-5-16/h8H,2-7H2,1H3,(H,13,17). The Bertz CT molecular complexity index is 415. The molecule has 1 aromatic rings. The Balaban J connectivity index is 1.76. The molecule has 1 aliphatic heterocycles. The molecule has 0 aromatic carbocycles. The van der Waals surface area contributed by atoms with Gasteiger partial charge in [-0.25, -0.2) is 0 Å². The monoisotopic (exact) mass is 248 g/mol. The molecule has 0 atom stereocenters. The minimum Gasteiger partial charge on any atom is -0.379 e. The van der Waals surface area contributed by atoms with E-state index in [0.717, 1.165) is 32.8 Å². The zero-order valence-electron chi connectivity index (χ0n) is 10.6. The molecule has 2 rings (SSSR count). The maximum absolute atomic E-state index is 11.8. The lowest BCUT2D eigenvalue weighted by Crippen LogP contribution is -2.41. The number of amides is 1. The Morgan fingerprint density at radius 3 is 2.89 bits per heavy atom. The second-order valence-electron chi connectivity index (χ2n) is 4.27. The number of nitrogens with zero attached hydrogens (tertiary/aromatic N) is 3. The summed E-state index contributed by atoms with van der Waals surface area (Å²) in [5.74, 6) is -0.144. The average Bonchev–Trinajstić information content (AvgIpc) is 2.71. The SMILES string of the molecule is [B]c1ncc(C(=O)NCCN2CCOCC2)n1C. The van der Waals surface area contributed by atoms with E-state index in [1.165, 1.54) is 6.20 Å². The zero-order chi connectivity index (χ0) is 13.0. The quantitative estimate of drug-likeness (QED) is 0.644. The van der Waals surface area contributed by atoms with Crippen LogP contribution in [0.1, 0.15) is 10.5 Å². The molecule has 0 unspecified atom stereocenters. The van der Waals surface area contributed by atoms with Gasteiger partial charge in [-0.2, -0.15) is 0 Å². The van der Waals surface area contributed by atoms with Crippen LogP contribution in [0.2, 0.25) is 0 Å². The van der Waals surface area contributed by atoms with Crippen molar-refractivity contribution in [3.63, 3.8) is 0 Å². The van der Waals surface area contributed by atoms with E-state index < -0.39 is 0 Å². The molecule has 1 fully saturated rings. The first kappa shape index (κ1) is 13.1. The zero-order valence-corrected chi connectivity index (χ0v) is 10.6. The molecule has 96 valence electrons. The Hall–Kier alpha value is -1.34. The summed E-state index contributed by atoms with van der Waals surface area (Å²) in [6, 6.07) is 0. The number of carbonyl (C=O) groups excluding carboxylic acids is 1. The number of aromatic nitrogens is 2. The number of nitrogens with one attached hydrogen (secondary N) is 1. The van der Waals surface area contributed by atoms with Crippen LogP contribution in [0.15, 0.2) is 6.20 Å². The summed E-state index contributed by atoms with van der Waals surface area (Å²) in [5.41, 5.74) is 0.822. The molecule has 2 heterocycles. The molecule has 7 heteroatoms. The molecular weight excluding hydrogens is 231 g/mol. The Morgan fingerprint density at radius 2 is 2.28 bits per heavy atom. The van der Waals surface area contributed by atoms with Crippen molar-refractivity contribution in [1.82, 2.24) is 19.8 Å². The van der Waals surface area contributed by atoms with Crippen molar-refractivity contribution in [2.24, 2.45) is 7.05 Å². The highest BCUT2D eigenvalue weighted by Crippen LogP contribution is 1.96. The molecule has 1 N–H and O–H groups in total. The molecule has 1 aromatic heterocycles. The van der Waals surface area contributed by atoms with Crippen LogP contribution < -0.4 is 11.0 Å². The van der Waals surface area contributed by atoms with Crippen LogP contribution in [-0.2, 0) is 11.8 Å². The van der Waals surface area contributed by atoms with E-state index in [2.05, 4.69) is 15.2 Å². The fourth-order valence-corrected chi connectivity index (χ4v) is 1.88. The molecule has 1 amide bonds. The molecular formula is C11H17BN4O2. The van der Waals surface area contributed by atoms with Crippen LogP contribution in [0.25, 0.3) is 0 Å². The van der Waals surface area contributed by atoms with Gasteiger partial charge in [0.25, 0.3) is 5.91 Å². The number of ether oxygens (including phenoxy) is 1. The average molecular weight is 248 g/mol. The van der Waals surface area contributed by atoms with E-state index in [-0.39, 0.29) is 5.91 Å². The summed E-state index contributed by atoms with van der Waals surface area (Å²) >= 11 is 0. The van der Waals surface area contributed by atoms with Crippen LogP contribution in [0.5, 0.6) is 0 Å². The van der Waals surface area contributed by atoms with E-state index in [1.54, 1.807) is 11.6 Å². The number of hydrogen-bond acceptors (Lipinski definition) is 4. The number of morpholine rings is 1. The van der Waals surface area contributed by atoms with Crippen molar-refractivity contribution in [3.05, 3.63) is 11.9 Å². The molecule has 1 aliphatic rings. The minimum absolute atomic E-state index is 0.144. The van der Waals surface area contributed by atoms with Gasteiger partial charge >= 0.3 is 0 Å². The van der Waals surface area contributed by atoms with Gasteiger partial charge in [-0.05, 0) is 0 Å². The van der Waals surface area contributed by atoms with Gasteiger partial charge in [0.2, 0.25) is 0 Å². The maximum atomic E-state index is 11.8. The van der Waals surface area contributed by atoms with Crippen molar-refractivity contribution in [1.29, 1.82) is 0 Å². The third-order valence-corrected chi connectivity index (χ3v) is 3.07. The van der Waals surface area contributed by atoms with Crippen molar-refractivity contribution in [2.45, 2.75) is 0 Å². The lowest BCUT2D eigenvalue weighted by atomic mass is 10.1. The Morgan fingerprint density at radius 1 is 1.56 bits per heavy atom. The predicted molar refractivity (Wildman–Crippen MR) is 68.2 cm³/mol. The summed E-state index contributed by atoms with van der Waals surface area (Å²) in [5, 5.41) is 2.86. The topological polar surface area (TPSA) is 59.4 Å².